The van der Waals surface area contributed by atoms with Crippen LogP contribution in [0.3, 0.4) is 0 Å². The Morgan fingerprint density at radius 2 is 0.932 bits per heavy atom. The normalized spacial score (nSPS) is 21.5. The molecule has 0 atom stereocenters. The molecular weight excluding hydrogens is 560 g/mol. The van der Waals surface area contributed by atoms with Crippen molar-refractivity contribution in [2.75, 3.05) is 26.2 Å². The van der Waals surface area contributed by atoms with Gasteiger partial charge in [-0.25, -0.2) is 9.59 Å². The molecule has 0 aromatic rings. The minimum Gasteiger partial charge on any atom is -0.481 e. The van der Waals surface area contributed by atoms with Crippen LogP contribution in [0.25, 0.3) is 0 Å². The first-order valence-electron chi connectivity index (χ1n) is 16.7. The summed E-state index contributed by atoms with van der Waals surface area (Å²) in [7, 11) is 0. The Labute approximate surface area is 266 Å². The molecule has 10 nitrogen and oxygen atoms in total. The lowest BCUT2D eigenvalue weighted by molar-refractivity contribution is -0.174. The highest BCUT2D eigenvalue weighted by atomic mass is 16.4. The molecule has 0 aliphatic carbocycles. The largest absolute Gasteiger partial charge is 0.481 e. The van der Waals surface area contributed by atoms with Crippen molar-refractivity contribution in [3.63, 3.8) is 0 Å². The van der Waals surface area contributed by atoms with Crippen LogP contribution in [-0.2, 0) is 9.59 Å². The van der Waals surface area contributed by atoms with Crippen molar-refractivity contribution in [3.8, 4) is 0 Å². The summed E-state index contributed by atoms with van der Waals surface area (Å²) in [6.45, 7) is 26.5. The van der Waals surface area contributed by atoms with Crippen LogP contribution in [-0.4, -0.2) is 102 Å². The van der Waals surface area contributed by atoms with Gasteiger partial charge in [0.15, 0.2) is 0 Å². The lowest BCUT2D eigenvalue weighted by Gasteiger charge is -2.63. The first kappa shape index (κ1) is 37.7. The van der Waals surface area contributed by atoms with Crippen molar-refractivity contribution < 1.29 is 29.4 Å². The SMILES string of the molecule is CCN(CC)C(=O)N1C(C)(C)CC(C(CCCC(=O)O)(C(=O)O)C2CC(C)(C)N(C(=O)N(CC)CC)C(C)(C)C2)CC1(C)C. The topological polar surface area (TPSA) is 122 Å². The van der Waals surface area contributed by atoms with Gasteiger partial charge >= 0.3 is 24.0 Å². The average molecular weight is 623 g/mol. The number of nitrogens with zero attached hydrogens (tertiary/aromatic N) is 4. The number of carbonyl (C=O) groups is 4. The van der Waals surface area contributed by atoms with Crippen molar-refractivity contribution in [1.82, 2.24) is 19.6 Å². The van der Waals surface area contributed by atoms with Crippen LogP contribution in [0.2, 0.25) is 0 Å². The molecule has 0 saturated carbocycles. The summed E-state index contributed by atoms with van der Waals surface area (Å²) >= 11 is 0. The molecule has 2 rings (SSSR count). The third kappa shape index (κ3) is 7.14. The maximum atomic E-state index is 13.8. The fraction of sp³-hybridized carbons (Fsp3) is 0.882. The van der Waals surface area contributed by atoms with E-state index in [0.717, 1.165) is 0 Å². The second kappa shape index (κ2) is 13.5. The average Bonchev–Trinajstić information content (AvgIpc) is 2.84. The molecule has 0 radical (unpaired) electrons. The Morgan fingerprint density at radius 3 is 1.16 bits per heavy atom. The summed E-state index contributed by atoms with van der Waals surface area (Å²) in [4.78, 5) is 60.7. The maximum Gasteiger partial charge on any atom is 0.320 e. The van der Waals surface area contributed by atoms with E-state index in [-0.39, 0.29) is 43.2 Å². The molecule has 2 N–H and O–H groups in total. The first-order chi connectivity index (χ1) is 20.1. The highest BCUT2D eigenvalue weighted by molar-refractivity contribution is 5.79. The van der Waals surface area contributed by atoms with Crippen LogP contribution in [0.1, 0.15) is 128 Å². The van der Waals surface area contributed by atoms with Gasteiger partial charge in [0.2, 0.25) is 0 Å². The smallest absolute Gasteiger partial charge is 0.320 e. The van der Waals surface area contributed by atoms with Crippen molar-refractivity contribution >= 4 is 24.0 Å². The predicted octanol–water partition coefficient (Wildman–Crippen LogP) is 6.77. The van der Waals surface area contributed by atoms with E-state index in [0.29, 0.717) is 51.9 Å². The van der Waals surface area contributed by atoms with Crippen molar-refractivity contribution in [1.29, 1.82) is 0 Å². The van der Waals surface area contributed by atoms with Crippen LogP contribution < -0.4 is 0 Å². The summed E-state index contributed by atoms with van der Waals surface area (Å²) < 4.78 is 0. The zero-order valence-corrected chi connectivity index (χ0v) is 29.7. The summed E-state index contributed by atoms with van der Waals surface area (Å²) in [5.74, 6) is -2.45. The summed E-state index contributed by atoms with van der Waals surface area (Å²) in [6, 6.07) is -0.0820. The van der Waals surface area contributed by atoms with E-state index in [1.165, 1.54) is 0 Å². The zero-order valence-electron chi connectivity index (χ0n) is 29.7. The number of carbonyl (C=O) groups excluding carboxylic acids is 2. The number of amides is 4. The summed E-state index contributed by atoms with van der Waals surface area (Å²) in [5, 5.41) is 20.9. The number of aliphatic carboxylic acids is 2. The van der Waals surface area contributed by atoms with Gasteiger partial charge in [-0.3, -0.25) is 9.59 Å². The molecule has 44 heavy (non-hydrogen) atoms. The van der Waals surface area contributed by atoms with Crippen LogP contribution in [0, 0.1) is 17.3 Å². The van der Waals surface area contributed by atoms with E-state index in [2.05, 4.69) is 0 Å². The Balaban J connectivity index is 2.70. The minimum atomic E-state index is -1.23. The summed E-state index contributed by atoms with van der Waals surface area (Å²) in [5.41, 5.74) is -3.77. The number of rotatable bonds is 11. The van der Waals surface area contributed by atoms with Gasteiger partial charge in [0.05, 0.1) is 5.41 Å². The standard InChI is InChI=1S/C34H62N4O6/c1-13-35(14-2)28(43)37-30(5,6)20-24(21-31(37,7)8)34(27(41)42,19-17-18-26(39)40)25-22-32(9,10)38(33(11,12)23-25)29(44)36(15-3)16-4/h24-25H,13-23H2,1-12H3,(H,39,40)(H,41,42). The lowest BCUT2D eigenvalue weighted by Crippen LogP contribution is -2.70. The Bertz CT molecular complexity index is 960. The third-order valence-electron chi connectivity index (χ3n) is 10.7. The Kier molecular flexibility index (Phi) is 11.5. The quantitative estimate of drug-likeness (QED) is 0.262. The molecule has 2 aliphatic rings. The van der Waals surface area contributed by atoms with Gasteiger partial charge in [-0.1, -0.05) is 0 Å². The molecule has 0 aromatic heterocycles. The van der Waals surface area contributed by atoms with E-state index in [1.807, 2.05) is 103 Å². The second-order valence-electron chi connectivity index (χ2n) is 15.6. The Hall–Kier alpha value is -2.52. The number of hydrogen-bond acceptors (Lipinski definition) is 4. The van der Waals surface area contributed by atoms with Crippen LogP contribution in [0.5, 0.6) is 0 Å². The fourth-order valence-corrected chi connectivity index (χ4v) is 9.33. The van der Waals surface area contributed by atoms with Gasteiger partial charge in [0.1, 0.15) is 0 Å². The zero-order chi connectivity index (χ0) is 34.1. The van der Waals surface area contributed by atoms with Gasteiger partial charge < -0.3 is 29.8 Å². The van der Waals surface area contributed by atoms with E-state index in [1.54, 1.807) is 0 Å². The molecule has 0 aromatic carbocycles. The van der Waals surface area contributed by atoms with Crippen molar-refractivity contribution in [2.24, 2.45) is 17.3 Å². The molecule has 2 aliphatic heterocycles. The molecular formula is C34H62N4O6. The third-order valence-corrected chi connectivity index (χ3v) is 10.7. The molecule has 2 saturated heterocycles. The number of piperidine rings is 2. The van der Waals surface area contributed by atoms with E-state index in [9.17, 15) is 29.4 Å². The fourth-order valence-electron chi connectivity index (χ4n) is 9.33. The molecule has 10 heteroatoms. The predicted molar refractivity (Wildman–Crippen MR) is 174 cm³/mol. The molecule has 0 spiro atoms. The van der Waals surface area contributed by atoms with Gasteiger partial charge in [0.25, 0.3) is 0 Å². The molecule has 0 unspecified atom stereocenters. The molecule has 254 valence electrons. The van der Waals surface area contributed by atoms with Crippen molar-refractivity contribution in [3.05, 3.63) is 0 Å². The number of carboxylic acid groups (broad SMARTS) is 2. The molecule has 2 fully saturated rings. The lowest BCUT2D eigenvalue weighted by atomic mass is 9.52. The number of carboxylic acids is 2. The van der Waals surface area contributed by atoms with Crippen LogP contribution in [0.15, 0.2) is 0 Å². The molecule has 2 heterocycles. The van der Waals surface area contributed by atoms with Crippen LogP contribution in [0.4, 0.5) is 9.59 Å². The second-order valence-corrected chi connectivity index (χ2v) is 15.6. The van der Waals surface area contributed by atoms with Crippen molar-refractivity contribution in [2.45, 2.75) is 150 Å². The highest BCUT2D eigenvalue weighted by Crippen LogP contribution is 2.58. The van der Waals surface area contributed by atoms with Gasteiger partial charge in [-0.05, 0) is 133 Å². The molecule has 4 amide bonds. The number of urea groups is 2. The minimum absolute atomic E-state index is 0.0410. The number of likely N-dealkylation sites (tertiary alicyclic amines) is 2. The Morgan fingerprint density at radius 1 is 0.636 bits per heavy atom. The van der Waals surface area contributed by atoms with Gasteiger partial charge in [0, 0.05) is 54.8 Å². The van der Waals surface area contributed by atoms with E-state index >= 15 is 0 Å². The van der Waals surface area contributed by atoms with Gasteiger partial charge in [-0.15, -0.1) is 0 Å². The maximum absolute atomic E-state index is 13.8. The number of hydrogen-bond donors (Lipinski definition) is 2. The monoisotopic (exact) mass is 622 g/mol. The van der Waals surface area contributed by atoms with E-state index < -0.39 is 39.5 Å². The first-order valence-corrected chi connectivity index (χ1v) is 16.7. The van der Waals surface area contributed by atoms with Gasteiger partial charge in [-0.2, -0.15) is 0 Å². The summed E-state index contributed by atoms with van der Waals surface area (Å²) in [6.07, 6.45) is 2.33. The van der Waals surface area contributed by atoms with E-state index in [4.69, 9.17) is 0 Å². The molecule has 0 bridgehead atoms. The highest BCUT2D eigenvalue weighted by Gasteiger charge is 2.62. The van der Waals surface area contributed by atoms with Crippen LogP contribution >= 0.6 is 0 Å².